The summed E-state index contributed by atoms with van der Waals surface area (Å²) in [5.41, 5.74) is 0.552. The number of hydrogen-bond donors (Lipinski definition) is 2. The molecule has 1 aromatic rings. The van der Waals surface area contributed by atoms with Gasteiger partial charge in [-0.15, -0.1) is 0 Å². The first-order chi connectivity index (χ1) is 9.49. The van der Waals surface area contributed by atoms with E-state index < -0.39 is 5.97 Å². The molecule has 0 spiro atoms. The van der Waals surface area contributed by atoms with Crippen LogP contribution in [0.2, 0.25) is 0 Å². The average molecular weight is 343 g/mol. The summed E-state index contributed by atoms with van der Waals surface area (Å²) < 4.78 is 5.71. The Morgan fingerprint density at radius 2 is 2.25 bits per heavy atom. The molecule has 20 heavy (non-hydrogen) atoms. The lowest BCUT2D eigenvalue weighted by Crippen LogP contribution is -2.40. The summed E-state index contributed by atoms with van der Waals surface area (Å²) in [4.78, 5) is 24.7. The predicted octanol–water partition coefficient (Wildman–Crippen LogP) is 2.40. The van der Waals surface area contributed by atoms with Crippen LogP contribution in [0, 0.1) is 0 Å². The van der Waals surface area contributed by atoms with Gasteiger partial charge in [0.25, 0.3) is 0 Å². The maximum Gasteiger partial charge on any atom is 0.336 e. The minimum absolute atomic E-state index is 0.0596. The fourth-order valence-corrected chi connectivity index (χ4v) is 2.39. The van der Waals surface area contributed by atoms with Crippen molar-refractivity contribution in [2.45, 2.75) is 12.5 Å². The van der Waals surface area contributed by atoms with Gasteiger partial charge in [-0.3, -0.25) is 0 Å². The van der Waals surface area contributed by atoms with E-state index in [1.54, 1.807) is 24.1 Å². The molecule has 0 aromatic heterocycles. The smallest absolute Gasteiger partial charge is 0.336 e. The zero-order valence-electron chi connectivity index (χ0n) is 10.9. The van der Waals surface area contributed by atoms with Gasteiger partial charge in [-0.05, 0) is 40.5 Å². The van der Waals surface area contributed by atoms with Gasteiger partial charge in [0.15, 0.2) is 0 Å². The van der Waals surface area contributed by atoms with Crippen molar-refractivity contribution in [3.05, 3.63) is 28.2 Å². The standard InChI is InChI=1S/C13H15BrN2O4/c1-16(9-4-5-20-7-9)13(19)15-8-2-3-11(14)10(6-8)12(17)18/h2-3,6,9H,4-5,7H2,1H3,(H,15,19)(H,17,18). The van der Waals surface area contributed by atoms with Crippen molar-refractivity contribution in [1.82, 2.24) is 4.90 Å². The third-order valence-electron chi connectivity index (χ3n) is 3.22. The Balaban J connectivity index is 2.07. The molecule has 0 saturated carbocycles. The normalized spacial score (nSPS) is 17.8. The Morgan fingerprint density at radius 3 is 2.85 bits per heavy atom. The van der Waals surface area contributed by atoms with Crippen molar-refractivity contribution in [2.75, 3.05) is 25.6 Å². The van der Waals surface area contributed by atoms with Crippen molar-refractivity contribution in [3.63, 3.8) is 0 Å². The number of carboxylic acids is 1. The molecule has 6 nitrogen and oxygen atoms in total. The molecule has 1 aliphatic heterocycles. The van der Waals surface area contributed by atoms with Crippen LogP contribution in [0.5, 0.6) is 0 Å². The number of nitrogens with one attached hydrogen (secondary N) is 1. The second-order valence-corrected chi connectivity index (χ2v) is 5.41. The molecule has 1 unspecified atom stereocenters. The molecule has 1 atom stereocenters. The number of nitrogens with zero attached hydrogens (tertiary/aromatic N) is 1. The SMILES string of the molecule is CN(C(=O)Nc1ccc(Br)c(C(=O)O)c1)C1CCOC1. The Kier molecular flexibility index (Phi) is 4.61. The Labute approximate surface area is 124 Å². The molecule has 1 aliphatic rings. The molecule has 1 aromatic carbocycles. The number of rotatable bonds is 3. The lowest BCUT2D eigenvalue weighted by Gasteiger charge is -2.23. The van der Waals surface area contributed by atoms with Crippen molar-refractivity contribution in [3.8, 4) is 0 Å². The van der Waals surface area contributed by atoms with Gasteiger partial charge in [-0.1, -0.05) is 0 Å². The van der Waals surface area contributed by atoms with Crippen molar-refractivity contribution < 1.29 is 19.4 Å². The number of carbonyl (C=O) groups is 2. The maximum atomic E-state index is 12.1. The van der Waals surface area contributed by atoms with E-state index in [0.29, 0.717) is 23.4 Å². The van der Waals surface area contributed by atoms with E-state index in [0.717, 1.165) is 6.42 Å². The minimum Gasteiger partial charge on any atom is -0.478 e. The van der Waals surface area contributed by atoms with E-state index in [2.05, 4.69) is 21.2 Å². The van der Waals surface area contributed by atoms with Crippen LogP contribution >= 0.6 is 15.9 Å². The van der Waals surface area contributed by atoms with Crippen LogP contribution in [0.1, 0.15) is 16.8 Å². The van der Waals surface area contributed by atoms with Crippen LogP contribution < -0.4 is 5.32 Å². The van der Waals surface area contributed by atoms with Crippen LogP contribution in [-0.4, -0.2) is 48.3 Å². The second-order valence-electron chi connectivity index (χ2n) is 4.56. The first kappa shape index (κ1) is 14.8. The molecule has 1 fully saturated rings. The Hall–Kier alpha value is -1.60. The zero-order valence-corrected chi connectivity index (χ0v) is 12.5. The van der Waals surface area contributed by atoms with Crippen molar-refractivity contribution in [1.29, 1.82) is 0 Å². The molecule has 7 heteroatoms. The van der Waals surface area contributed by atoms with E-state index in [1.807, 2.05) is 0 Å². The number of halogens is 1. The maximum absolute atomic E-state index is 12.1. The van der Waals surface area contributed by atoms with Crippen LogP contribution in [0.15, 0.2) is 22.7 Å². The van der Waals surface area contributed by atoms with Crippen LogP contribution in [0.3, 0.4) is 0 Å². The van der Waals surface area contributed by atoms with Crippen LogP contribution in [0.25, 0.3) is 0 Å². The number of hydrogen-bond acceptors (Lipinski definition) is 3. The Bertz CT molecular complexity index is 529. The van der Waals surface area contributed by atoms with Crippen LogP contribution in [-0.2, 0) is 4.74 Å². The second kappa shape index (κ2) is 6.23. The largest absolute Gasteiger partial charge is 0.478 e. The van der Waals surface area contributed by atoms with E-state index >= 15 is 0 Å². The number of anilines is 1. The van der Waals surface area contributed by atoms with E-state index in [1.165, 1.54) is 6.07 Å². The number of ether oxygens (including phenoxy) is 1. The zero-order chi connectivity index (χ0) is 14.7. The van der Waals surface area contributed by atoms with Gasteiger partial charge in [0.2, 0.25) is 0 Å². The van der Waals surface area contributed by atoms with Crippen molar-refractivity contribution >= 4 is 33.6 Å². The molecule has 1 heterocycles. The third kappa shape index (κ3) is 3.29. The summed E-state index contributed by atoms with van der Waals surface area (Å²) in [7, 11) is 1.70. The van der Waals surface area contributed by atoms with E-state index in [9.17, 15) is 9.59 Å². The molecule has 0 bridgehead atoms. The number of carbonyl (C=O) groups excluding carboxylic acids is 1. The molecular formula is C13H15BrN2O4. The fraction of sp³-hybridized carbons (Fsp3) is 0.385. The third-order valence-corrected chi connectivity index (χ3v) is 3.91. The lowest BCUT2D eigenvalue weighted by atomic mass is 10.2. The molecule has 0 radical (unpaired) electrons. The molecule has 2 amide bonds. The van der Waals surface area contributed by atoms with Gasteiger partial charge in [0.05, 0.1) is 18.2 Å². The topological polar surface area (TPSA) is 78.9 Å². The van der Waals surface area contributed by atoms with Gasteiger partial charge in [0.1, 0.15) is 0 Å². The average Bonchev–Trinajstić information content (AvgIpc) is 2.93. The molecule has 108 valence electrons. The molecule has 2 N–H and O–H groups in total. The van der Waals surface area contributed by atoms with Gasteiger partial charge >= 0.3 is 12.0 Å². The number of benzene rings is 1. The van der Waals surface area contributed by atoms with E-state index in [4.69, 9.17) is 9.84 Å². The summed E-state index contributed by atoms with van der Waals surface area (Å²) in [5, 5.41) is 11.7. The van der Waals surface area contributed by atoms with Gasteiger partial charge in [-0.2, -0.15) is 0 Å². The summed E-state index contributed by atoms with van der Waals surface area (Å²) >= 11 is 3.16. The number of carboxylic acid groups (broad SMARTS) is 1. The highest BCUT2D eigenvalue weighted by Gasteiger charge is 2.24. The van der Waals surface area contributed by atoms with Crippen molar-refractivity contribution in [2.24, 2.45) is 0 Å². The highest BCUT2D eigenvalue weighted by molar-refractivity contribution is 9.10. The monoisotopic (exact) mass is 342 g/mol. The first-order valence-corrected chi connectivity index (χ1v) is 6.92. The Morgan fingerprint density at radius 1 is 1.50 bits per heavy atom. The minimum atomic E-state index is -1.05. The molecule has 1 saturated heterocycles. The highest BCUT2D eigenvalue weighted by atomic mass is 79.9. The van der Waals surface area contributed by atoms with Gasteiger partial charge in [-0.25, -0.2) is 9.59 Å². The van der Waals surface area contributed by atoms with E-state index in [-0.39, 0.29) is 17.6 Å². The number of urea groups is 1. The number of likely N-dealkylation sites (N-methyl/N-ethyl adjacent to an activating group) is 1. The van der Waals surface area contributed by atoms with Gasteiger partial charge in [0, 0.05) is 23.8 Å². The summed E-state index contributed by atoms with van der Waals surface area (Å²) in [5.74, 6) is -1.05. The quantitative estimate of drug-likeness (QED) is 0.883. The first-order valence-electron chi connectivity index (χ1n) is 6.13. The van der Waals surface area contributed by atoms with Gasteiger partial charge < -0.3 is 20.1 Å². The van der Waals surface area contributed by atoms with Crippen LogP contribution in [0.4, 0.5) is 10.5 Å². The summed E-state index contributed by atoms with van der Waals surface area (Å²) in [6.45, 7) is 1.19. The number of amides is 2. The summed E-state index contributed by atoms with van der Waals surface area (Å²) in [6.07, 6.45) is 0.810. The molecule has 0 aliphatic carbocycles. The summed E-state index contributed by atoms with van der Waals surface area (Å²) in [6, 6.07) is 4.44. The lowest BCUT2D eigenvalue weighted by molar-refractivity contribution is 0.0696. The molecule has 2 rings (SSSR count). The predicted molar refractivity (Wildman–Crippen MR) is 77.1 cm³/mol. The molecular weight excluding hydrogens is 328 g/mol. The fourth-order valence-electron chi connectivity index (χ4n) is 1.97. The number of aromatic carboxylic acids is 1. The highest BCUT2D eigenvalue weighted by Crippen LogP contribution is 2.22.